The average molecular weight is 207 g/mol. The summed E-state index contributed by atoms with van der Waals surface area (Å²) < 4.78 is 0. The highest BCUT2D eigenvalue weighted by atomic mass is 79.9. The molecular formula is C8H15BrO. The first kappa shape index (κ1) is 10.2. The average Bonchev–Trinajstić information content (AvgIpc) is 1.89. The van der Waals surface area contributed by atoms with Crippen molar-refractivity contribution >= 4 is 15.9 Å². The van der Waals surface area contributed by atoms with Gasteiger partial charge in [-0.1, -0.05) is 42.1 Å². The van der Waals surface area contributed by atoms with Gasteiger partial charge in [0.25, 0.3) is 0 Å². The highest BCUT2D eigenvalue weighted by Gasteiger charge is 1.96. The van der Waals surface area contributed by atoms with Crippen LogP contribution in [-0.2, 0) is 0 Å². The van der Waals surface area contributed by atoms with Gasteiger partial charge in [0, 0.05) is 0 Å². The van der Waals surface area contributed by atoms with Gasteiger partial charge in [0.05, 0.1) is 6.10 Å². The SMILES string of the molecule is CCCCCC(O)/C=C/Br. The van der Waals surface area contributed by atoms with Crippen LogP contribution in [0.2, 0.25) is 0 Å². The van der Waals surface area contributed by atoms with Gasteiger partial charge >= 0.3 is 0 Å². The van der Waals surface area contributed by atoms with Gasteiger partial charge in [-0.2, -0.15) is 0 Å². The van der Waals surface area contributed by atoms with Gasteiger partial charge in [0.2, 0.25) is 0 Å². The Kier molecular flexibility index (Phi) is 7.42. The van der Waals surface area contributed by atoms with Gasteiger partial charge in [-0.05, 0) is 17.5 Å². The van der Waals surface area contributed by atoms with E-state index in [-0.39, 0.29) is 6.10 Å². The van der Waals surface area contributed by atoms with Crippen LogP contribution >= 0.6 is 15.9 Å². The Morgan fingerprint density at radius 1 is 1.50 bits per heavy atom. The number of hydrogen-bond donors (Lipinski definition) is 1. The van der Waals surface area contributed by atoms with Gasteiger partial charge < -0.3 is 5.11 Å². The van der Waals surface area contributed by atoms with E-state index in [9.17, 15) is 0 Å². The fourth-order valence-corrected chi connectivity index (χ4v) is 1.14. The van der Waals surface area contributed by atoms with E-state index in [2.05, 4.69) is 22.9 Å². The van der Waals surface area contributed by atoms with Crippen LogP contribution in [0.25, 0.3) is 0 Å². The first-order valence-corrected chi connectivity index (χ1v) is 4.67. The Morgan fingerprint density at radius 2 is 2.20 bits per heavy atom. The van der Waals surface area contributed by atoms with Crippen molar-refractivity contribution in [1.29, 1.82) is 0 Å². The van der Waals surface area contributed by atoms with Gasteiger partial charge in [0.1, 0.15) is 0 Å². The van der Waals surface area contributed by atoms with E-state index < -0.39 is 0 Å². The zero-order chi connectivity index (χ0) is 7.82. The predicted octanol–water partition coefficient (Wildman–Crippen LogP) is 2.84. The summed E-state index contributed by atoms with van der Waals surface area (Å²) in [7, 11) is 0. The van der Waals surface area contributed by atoms with Crippen LogP contribution in [0.1, 0.15) is 32.6 Å². The lowest BCUT2D eigenvalue weighted by atomic mass is 10.1. The van der Waals surface area contributed by atoms with E-state index in [1.165, 1.54) is 12.8 Å². The van der Waals surface area contributed by atoms with Crippen LogP contribution in [-0.4, -0.2) is 11.2 Å². The normalized spacial score (nSPS) is 14.3. The molecule has 0 saturated carbocycles. The molecule has 0 bridgehead atoms. The molecular weight excluding hydrogens is 192 g/mol. The summed E-state index contributed by atoms with van der Waals surface area (Å²) in [6.45, 7) is 2.16. The summed E-state index contributed by atoms with van der Waals surface area (Å²) in [6, 6.07) is 0. The molecule has 0 spiro atoms. The number of halogens is 1. The molecule has 0 saturated heterocycles. The second-order valence-corrected chi connectivity index (χ2v) is 2.91. The molecule has 0 rings (SSSR count). The molecule has 10 heavy (non-hydrogen) atoms. The Hall–Kier alpha value is 0.180. The minimum atomic E-state index is -0.258. The van der Waals surface area contributed by atoms with Crippen molar-refractivity contribution < 1.29 is 5.11 Å². The smallest absolute Gasteiger partial charge is 0.0728 e. The molecule has 0 fully saturated rings. The highest BCUT2D eigenvalue weighted by molar-refractivity contribution is 9.11. The Morgan fingerprint density at radius 3 is 2.70 bits per heavy atom. The maximum absolute atomic E-state index is 9.16. The third-order valence-corrected chi connectivity index (χ3v) is 1.70. The molecule has 0 aliphatic carbocycles. The van der Waals surface area contributed by atoms with Crippen molar-refractivity contribution in [3.8, 4) is 0 Å². The Balaban J connectivity index is 3.13. The molecule has 1 nitrogen and oxygen atoms in total. The largest absolute Gasteiger partial charge is 0.389 e. The first-order chi connectivity index (χ1) is 4.81. The standard InChI is InChI=1S/C8H15BrO/c1-2-3-4-5-8(10)6-7-9/h6-8,10H,2-5H2,1H3/b7-6+. The second kappa shape index (κ2) is 7.29. The van der Waals surface area contributed by atoms with Gasteiger partial charge in [-0.15, -0.1) is 0 Å². The molecule has 0 aliphatic heterocycles. The van der Waals surface area contributed by atoms with E-state index in [0.717, 1.165) is 12.8 Å². The fraction of sp³-hybridized carbons (Fsp3) is 0.750. The van der Waals surface area contributed by atoms with Crippen LogP contribution in [0.15, 0.2) is 11.1 Å². The summed E-state index contributed by atoms with van der Waals surface area (Å²) in [5, 5.41) is 9.16. The number of aliphatic hydroxyl groups excluding tert-OH is 1. The molecule has 0 radical (unpaired) electrons. The van der Waals surface area contributed by atoms with Crippen molar-refractivity contribution in [3.05, 3.63) is 11.1 Å². The molecule has 0 aromatic carbocycles. The van der Waals surface area contributed by atoms with Crippen LogP contribution in [0.3, 0.4) is 0 Å². The zero-order valence-corrected chi connectivity index (χ0v) is 7.97. The molecule has 0 heterocycles. The summed E-state index contributed by atoms with van der Waals surface area (Å²) in [5.41, 5.74) is 0. The summed E-state index contributed by atoms with van der Waals surface area (Å²) >= 11 is 3.12. The zero-order valence-electron chi connectivity index (χ0n) is 6.39. The quantitative estimate of drug-likeness (QED) is 0.687. The van der Waals surface area contributed by atoms with Crippen LogP contribution < -0.4 is 0 Å². The Labute approximate surface area is 71.3 Å². The van der Waals surface area contributed by atoms with E-state index in [1.54, 1.807) is 11.1 Å². The fourth-order valence-electron chi connectivity index (χ4n) is 0.784. The molecule has 0 aromatic rings. The van der Waals surface area contributed by atoms with Gasteiger partial charge in [-0.3, -0.25) is 0 Å². The predicted molar refractivity (Wildman–Crippen MR) is 48.2 cm³/mol. The number of aliphatic hydroxyl groups is 1. The second-order valence-electron chi connectivity index (χ2n) is 2.38. The number of unbranched alkanes of at least 4 members (excludes halogenated alkanes) is 2. The van der Waals surface area contributed by atoms with Crippen molar-refractivity contribution in [2.75, 3.05) is 0 Å². The topological polar surface area (TPSA) is 20.2 Å². The van der Waals surface area contributed by atoms with E-state index >= 15 is 0 Å². The van der Waals surface area contributed by atoms with Gasteiger partial charge in [-0.25, -0.2) is 0 Å². The molecule has 60 valence electrons. The third-order valence-electron chi connectivity index (χ3n) is 1.40. The Bertz CT molecular complexity index is 91.3. The van der Waals surface area contributed by atoms with E-state index in [0.29, 0.717) is 0 Å². The number of hydrogen-bond acceptors (Lipinski definition) is 1. The number of rotatable bonds is 5. The molecule has 1 N–H and O–H groups in total. The maximum atomic E-state index is 9.16. The summed E-state index contributed by atoms with van der Waals surface area (Å²) in [6.07, 6.45) is 5.93. The third kappa shape index (κ3) is 6.30. The maximum Gasteiger partial charge on any atom is 0.0728 e. The molecule has 1 atom stereocenters. The van der Waals surface area contributed by atoms with Gasteiger partial charge in [0.15, 0.2) is 0 Å². The monoisotopic (exact) mass is 206 g/mol. The lowest BCUT2D eigenvalue weighted by Crippen LogP contribution is -2.00. The molecule has 0 aromatic heterocycles. The molecule has 1 unspecified atom stereocenters. The first-order valence-electron chi connectivity index (χ1n) is 3.76. The van der Waals surface area contributed by atoms with Crippen molar-refractivity contribution in [3.63, 3.8) is 0 Å². The molecule has 0 amide bonds. The minimum Gasteiger partial charge on any atom is -0.389 e. The highest BCUT2D eigenvalue weighted by Crippen LogP contribution is 2.04. The lowest BCUT2D eigenvalue weighted by molar-refractivity contribution is 0.208. The molecule has 2 heteroatoms. The van der Waals surface area contributed by atoms with Crippen LogP contribution in [0.5, 0.6) is 0 Å². The minimum absolute atomic E-state index is 0.258. The molecule has 0 aliphatic rings. The van der Waals surface area contributed by atoms with Crippen molar-refractivity contribution in [2.45, 2.75) is 38.7 Å². The summed E-state index contributed by atoms with van der Waals surface area (Å²) in [4.78, 5) is 1.71. The van der Waals surface area contributed by atoms with Crippen molar-refractivity contribution in [1.82, 2.24) is 0 Å². The van der Waals surface area contributed by atoms with E-state index in [1.807, 2.05) is 0 Å². The lowest BCUT2D eigenvalue weighted by Gasteiger charge is -2.02. The van der Waals surface area contributed by atoms with Crippen LogP contribution in [0.4, 0.5) is 0 Å². The van der Waals surface area contributed by atoms with Crippen molar-refractivity contribution in [2.24, 2.45) is 0 Å². The van der Waals surface area contributed by atoms with Crippen LogP contribution in [0, 0.1) is 0 Å². The summed E-state index contributed by atoms with van der Waals surface area (Å²) in [5.74, 6) is 0. The van der Waals surface area contributed by atoms with E-state index in [4.69, 9.17) is 5.11 Å².